The van der Waals surface area contributed by atoms with Crippen LogP contribution < -0.4 is 10.2 Å². The Hall–Kier alpha value is -3.42. The number of para-hydroxylation sites is 1. The third kappa shape index (κ3) is 5.34. The van der Waals surface area contributed by atoms with E-state index in [-0.39, 0.29) is 11.3 Å². The maximum atomic E-state index is 12.3. The van der Waals surface area contributed by atoms with Crippen LogP contribution in [0.5, 0.6) is 0 Å². The Bertz CT molecular complexity index is 936. The molecule has 0 aliphatic carbocycles. The zero-order chi connectivity index (χ0) is 21.5. The van der Waals surface area contributed by atoms with E-state index >= 15 is 0 Å². The number of nitrogens with one attached hydrogen (secondary N) is 1. The summed E-state index contributed by atoms with van der Waals surface area (Å²) < 4.78 is 5.05. The molecule has 1 amide bonds. The summed E-state index contributed by atoms with van der Waals surface area (Å²) in [4.78, 5) is 37.5. The lowest BCUT2D eigenvalue weighted by Crippen LogP contribution is -2.25. The molecular weight excluding hydrogens is 386 g/mol. The van der Waals surface area contributed by atoms with Crippen LogP contribution in [-0.2, 0) is 9.53 Å². The molecule has 0 unspecified atom stereocenters. The fourth-order valence-corrected chi connectivity index (χ4v) is 3.49. The van der Waals surface area contributed by atoms with Gasteiger partial charge in [0.15, 0.2) is 6.61 Å². The summed E-state index contributed by atoms with van der Waals surface area (Å²) in [6, 6.07) is 11.6. The lowest BCUT2D eigenvalue weighted by atomic mass is 10.1. The standard InChI is InChI=1S/C22H25N3O5/c1-16-8-4-5-9-18(16)23-21(26)15-30-22(27)17-10-11-19(20(14-17)25(28)29)24-12-6-2-3-7-13-24/h4-5,8-11,14H,2-3,6-7,12-13,15H2,1H3,(H,23,26). The first kappa shape index (κ1) is 21.3. The van der Waals surface area contributed by atoms with Gasteiger partial charge in [-0.2, -0.15) is 0 Å². The Kier molecular flexibility index (Phi) is 7.00. The first-order valence-corrected chi connectivity index (χ1v) is 10.0. The number of anilines is 2. The summed E-state index contributed by atoms with van der Waals surface area (Å²) in [6.07, 6.45) is 4.19. The minimum Gasteiger partial charge on any atom is -0.452 e. The van der Waals surface area contributed by atoms with Gasteiger partial charge < -0.3 is 15.0 Å². The Balaban J connectivity index is 1.66. The lowest BCUT2D eigenvalue weighted by molar-refractivity contribution is -0.384. The van der Waals surface area contributed by atoms with Crippen LogP contribution in [0.1, 0.15) is 41.6 Å². The number of nitro groups is 1. The van der Waals surface area contributed by atoms with Crippen molar-refractivity contribution in [2.75, 3.05) is 29.9 Å². The average Bonchev–Trinajstić information content (AvgIpc) is 3.02. The quantitative estimate of drug-likeness (QED) is 0.437. The highest BCUT2D eigenvalue weighted by atomic mass is 16.6. The van der Waals surface area contributed by atoms with E-state index < -0.39 is 23.4 Å². The third-order valence-electron chi connectivity index (χ3n) is 5.11. The van der Waals surface area contributed by atoms with Crippen molar-refractivity contribution in [1.29, 1.82) is 0 Å². The van der Waals surface area contributed by atoms with Crippen molar-refractivity contribution in [2.45, 2.75) is 32.6 Å². The molecule has 0 radical (unpaired) electrons. The lowest BCUT2D eigenvalue weighted by Gasteiger charge is -2.22. The van der Waals surface area contributed by atoms with Gasteiger partial charge >= 0.3 is 5.97 Å². The Morgan fingerprint density at radius 1 is 1.10 bits per heavy atom. The van der Waals surface area contributed by atoms with E-state index in [9.17, 15) is 19.7 Å². The Morgan fingerprint density at radius 3 is 2.47 bits per heavy atom. The second-order valence-electron chi connectivity index (χ2n) is 7.30. The smallest absolute Gasteiger partial charge is 0.338 e. The fourth-order valence-electron chi connectivity index (χ4n) is 3.49. The average molecular weight is 411 g/mol. The van der Waals surface area contributed by atoms with Crippen LogP contribution in [0.4, 0.5) is 17.1 Å². The molecule has 0 aromatic heterocycles. The van der Waals surface area contributed by atoms with E-state index in [0.29, 0.717) is 11.4 Å². The van der Waals surface area contributed by atoms with Crippen molar-refractivity contribution in [3.63, 3.8) is 0 Å². The number of benzene rings is 2. The van der Waals surface area contributed by atoms with Crippen LogP contribution in [0.3, 0.4) is 0 Å². The van der Waals surface area contributed by atoms with Crippen molar-refractivity contribution in [1.82, 2.24) is 0 Å². The van der Waals surface area contributed by atoms with Gasteiger partial charge in [-0.05, 0) is 43.5 Å². The number of hydrogen-bond donors (Lipinski definition) is 1. The molecule has 1 aliphatic rings. The van der Waals surface area contributed by atoms with Gasteiger partial charge in [0.05, 0.1) is 10.5 Å². The number of nitrogens with zero attached hydrogens (tertiary/aromatic N) is 2. The van der Waals surface area contributed by atoms with Crippen molar-refractivity contribution in [2.24, 2.45) is 0 Å². The molecule has 1 N–H and O–H groups in total. The number of carbonyl (C=O) groups excluding carboxylic acids is 2. The normalized spacial score (nSPS) is 14.0. The highest BCUT2D eigenvalue weighted by Gasteiger charge is 2.23. The molecule has 0 bridgehead atoms. The second kappa shape index (κ2) is 9.87. The second-order valence-corrected chi connectivity index (χ2v) is 7.30. The summed E-state index contributed by atoms with van der Waals surface area (Å²) in [6.45, 7) is 2.88. The fraction of sp³-hybridized carbons (Fsp3) is 0.364. The van der Waals surface area contributed by atoms with Gasteiger partial charge in [-0.1, -0.05) is 31.0 Å². The molecule has 0 atom stereocenters. The molecule has 1 fully saturated rings. The number of hydrogen-bond acceptors (Lipinski definition) is 6. The maximum absolute atomic E-state index is 12.3. The van der Waals surface area contributed by atoms with Crippen molar-refractivity contribution < 1.29 is 19.2 Å². The first-order valence-electron chi connectivity index (χ1n) is 10.0. The zero-order valence-corrected chi connectivity index (χ0v) is 16.9. The molecule has 0 saturated carbocycles. The van der Waals surface area contributed by atoms with Crippen LogP contribution in [0.25, 0.3) is 0 Å². The topological polar surface area (TPSA) is 102 Å². The van der Waals surface area contributed by atoms with Gasteiger partial charge in [-0.3, -0.25) is 14.9 Å². The summed E-state index contributed by atoms with van der Waals surface area (Å²) in [5.41, 5.74) is 1.95. The molecule has 1 heterocycles. The van der Waals surface area contributed by atoms with Gasteiger partial charge in [-0.15, -0.1) is 0 Å². The van der Waals surface area contributed by atoms with Gasteiger partial charge in [-0.25, -0.2) is 4.79 Å². The summed E-state index contributed by atoms with van der Waals surface area (Å²) in [7, 11) is 0. The largest absolute Gasteiger partial charge is 0.452 e. The van der Waals surface area contributed by atoms with Crippen molar-refractivity contribution >= 4 is 28.9 Å². The number of ether oxygens (including phenoxy) is 1. The van der Waals surface area contributed by atoms with E-state index in [1.165, 1.54) is 12.1 Å². The van der Waals surface area contributed by atoms with Crippen LogP contribution >= 0.6 is 0 Å². The van der Waals surface area contributed by atoms with E-state index in [0.717, 1.165) is 44.3 Å². The SMILES string of the molecule is Cc1ccccc1NC(=O)COC(=O)c1ccc(N2CCCCCC2)c([N+](=O)[O-])c1. The summed E-state index contributed by atoms with van der Waals surface area (Å²) in [5.74, 6) is -1.26. The summed E-state index contributed by atoms with van der Waals surface area (Å²) in [5, 5.41) is 14.3. The zero-order valence-electron chi connectivity index (χ0n) is 16.9. The van der Waals surface area contributed by atoms with Crippen LogP contribution in [0, 0.1) is 17.0 Å². The molecule has 0 spiro atoms. The number of rotatable bonds is 6. The number of esters is 1. The predicted molar refractivity (Wildman–Crippen MR) is 114 cm³/mol. The van der Waals surface area contributed by atoms with Crippen molar-refractivity contribution in [3.05, 3.63) is 63.7 Å². The molecule has 8 nitrogen and oxygen atoms in total. The monoisotopic (exact) mass is 411 g/mol. The molecule has 158 valence electrons. The van der Waals surface area contributed by atoms with Crippen LogP contribution in [0.2, 0.25) is 0 Å². The number of aryl methyl sites for hydroxylation is 1. The van der Waals surface area contributed by atoms with Gasteiger partial charge in [0.1, 0.15) is 5.69 Å². The van der Waals surface area contributed by atoms with Gasteiger partial charge in [0.2, 0.25) is 0 Å². The minimum absolute atomic E-state index is 0.0453. The van der Waals surface area contributed by atoms with Gasteiger partial charge in [0, 0.05) is 24.8 Å². The maximum Gasteiger partial charge on any atom is 0.338 e. The summed E-state index contributed by atoms with van der Waals surface area (Å²) >= 11 is 0. The number of carbonyl (C=O) groups is 2. The number of amides is 1. The molecule has 3 rings (SSSR count). The predicted octanol–water partition coefficient (Wildman–Crippen LogP) is 4.08. The Morgan fingerprint density at radius 2 is 1.80 bits per heavy atom. The molecule has 8 heteroatoms. The van der Waals surface area contributed by atoms with Crippen LogP contribution in [0.15, 0.2) is 42.5 Å². The molecule has 1 saturated heterocycles. The van der Waals surface area contributed by atoms with Crippen molar-refractivity contribution in [3.8, 4) is 0 Å². The highest BCUT2D eigenvalue weighted by molar-refractivity contribution is 5.96. The highest BCUT2D eigenvalue weighted by Crippen LogP contribution is 2.31. The molecule has 1 aliphatic heterocycles. The molecule has 2 aromatic carbocycles. The third-order valence-corrected chi connectivity index (χ3v) is 5.11. The Labute approximate surface area is 175 Å². The first-order chi connectivity index (χ1) is 14.5. The van der Waals surface area contributed by atoms with Gasteiger partial charge in [0.25, 0.3) is 11.6 Å². The molecular formula is C22H25N3O5. The molecule has 30 heavy (non-hydrogen) atoms. The van der Waals surface area contributed by atoms with E-state index in [1.807, 2.05) is 24.0 Å². The van der Waals surface area contributed by atoms with Crippen LogP contribution in [-0.4, -0.2) is 36.5 Å². The van der Waals surface area contributed by atoms with E-state index in [4.69, 9.17) is 4.74 Å². The van der Waals surface area contributed by atoms with E-state index in [2.05, 4.69) is 5.32 Å². The van der Waals surface area contributed by atoms with E-state index in [1.54, 1.807) is 18.2 Å². The minimum atomic E-state index is -0.777. The number of nitro benzene ring substituents is 1. The molecule has 2 aromatic rings.